The van der Waals surface area contributed by atoms with E-state index in [9.17, 15) is 23.2 Å². The molecule has 0 saturated heterocycles. The molecular formula is C35H35ClF3N3O4. The lowest BCUT2D eigenvalue weighted by Crippen LogP contribution is -2.43. The molecule has 5 rings (SSSR count). The lowest BCUT2D eigenvalue weighted by Gasteiger charge is -2.33. The Morgan fingerprint density at radius 3 is 2.41 bits per heavy atom. The third-order valence-corrected chi connectivity index (χ3v) is 8.45. The van der Waals surface area contributed by atoms with Crippen LogP contribution in [0.2, 0.25) is 5.02 Å². The summed E-state index contributed by atoms with van der Waals surface area (Å²) in [6.07, 6.45) is -1.01. The largest absolute Gasteiger partial charge is 0.493 e. The van der Waals surface area contributed by atoms with Gasteiger partial charge in [-0.05, 0) is 80.1 Å². The van der Waals surface area contributed by atoms with E-state index in [0.717, 1.165) is 11.1 Å². The molecule has 1 unspecified atom stereocenters. The average molecular weight is 654 g/mol. The van der Waals surface area contributed by atoms with E-state index in [2.05, 4.69) is 11.4 Å². The van der Waals surface area contributed by atoms with Gasteiger partial charge in [0.25, 0.3) is 0 Å². The number of carbonyl (C=O) groups is 1. The molecule has 0 spiro atoms. The predicted molar refractivity (Wildman–Crippen MR) is 169 cm³/mol. The highest BCUT2D eigenvalue weighted by atomic mass is 35.5. The van der Waals surface area contributed by atoms with E-state index < -0.39 is 12.2 Å². The molecule has 3 aromatic carbocycles. The zero-order chi connectivity index (χ0) is 32.8. The van der Waals surface area contributed by atoms with Gasteiger partial charge in [0.1, 0.15) is 6.04 Å². The van der Waals surface area contributed by atoms with Crippen molar-refractivity contribution in [1.29, 1.82) is 5.26 Å². The highest BCUT2D eigenvalue weighted by molar-refractivity contribution is 6.30. The maximum atomic E-state index is 14.7. The molecule has 1 saturated carbocycles. The van der Waals surface area contributed by atoms with Crippen molar-refractivity contribution in [2.75, 3.05) is 13.7 Å². The first-order valence-electron chi connectivity index (χ1n) is 15.2. The number of fused-ring (bicyclic) bond motifs is 1. The lowest BCUT2D eigenvalue weighted by molar-refractivity contribution is -0.160. The second-order valence-corrected chi connectivity index (χ2v) is 11.8. The molecule has 7 nitrogen and oxygen atoms in total. The summed E-state index contributed by atoms with van der Waals surface area (Å²) in [5.74, 6) is 0.665. The molecule has 11 heteroatoms. The van der Waals surface area contributed by atoms with Crippen LogP contribution in [0.5, 0.6) is 11.5 Å². The van der Waals surface area contributed by atoms with Crippen LogP contribution in [0.3, 0.4) is 0 Å². The minimum absolute atomic E-state index is 0.112. The van der Waals surface area contributed by atoms with Crippen LogP contribution in [0.25, 0.3) is 10.9 Å². The number of carbonyl (C=O) groups excluding carboxylic acids is 1. The normalized spacial score (nSPS) is 17.3. The van der Waals surface area contributed by atoms with E-state index in [0.29, 0.717) is 71.8 Å². The topological polar surface area (TPSA) is 85.5 Å². The molecule has 1 aromatic heterocycles. The van der Waals surface area contributed by atoms with Crippen LogP contribution in [0.4, 0.5) is 13.2 Å². The van der Waals surface area contributed by atoms with Crippen LogP contribution >= 0.6 is 11.6 Å². The molecule has 1 fully saturated rings. The fourth-order valence-electron chi connectivity index (χ4n) is 5.96. The van der Waals surface area contributed by atoms with Gasteiger partial charge in [-0.25, -0.2) is 0 Å². The number of alkyl halides is 3. The molecule has 0 amide bonds. The second-order valence-electron chi connectivity index (χ2n) is 11.4. The second kappa shape index (κ2) is 14.5. The van der Waals surface area contributed by atoms with Gasteiger partial charge >= 0.3 is 12.1 Å². The van der Waals surface area contributed by atoms with Crippen LogP contribution in [0, 0.1) is 11.3 Å². The van der Waals surface area contributed by atoms with Gasteiger partial charge in [0, 0.05) is 40.3 Å². The Bertz CT molecular complexity index is 1710. The van der Waals surface area contributed by atoms with Gasteiger partial charge in [-0.2, -0.15) is 18.4 Å². The van der Waals surface area contributed by atoms with E-state index in [4.69, 9.17) is 25.8 Å². The van der Waals surface area contributed by atoms with Crippen molar-refractivity contribution in [3.63, 3.8) is 0 Å². The zero-order valence-corrected chi connectivity index (χ0v) is 26.3. The van der Waals surface area contributed by atoms with Crippen LogP contribution in [0.1, 0.15) is 60.9 Å². The molecule has 1 atom stereocenters. The summed E-state index contributed by atoms with van der Waals surface area (Å²) in [5, 5.41) is 13.4. The minimum atomic E-state index is -4.56. The van der Waals surface area contributed by atoms with E-state index in [1.807, 2.05) is 12.1 Å². The highest BCUT2D eigenvalue weighted by Crippen LogP contribution is 2.40. The quantitative estimate of drug-likeness (QED) is 0.166. The summed E-state index contributed by atoms with van der Waals surface area (Å²) in [7, 11) is 1.52. The number of benzene rings is 3. The molecule has 1 heterocycles. The summed E-state index contributed by atoms with van der Waals surface area (Å²) in [5.41, 5.74) is 2.64. The van der Waals surface area contributed by atoms with Crippen molar-refractivity contribution in [1.82, 2.24) is 9.88 Å². The Morgan fingerprint density at radius 2 is 1.76 bits per heavy atom. The number of nitriles is 1. The van der Waals surface area contributed by atoms with E-state index in [1.54, 1.807) is 60.0 Å². The Kier molecular flexibility index (Phi) is 10.4. The zero-order valence-electron chi connectivity index (χ0n) is 25.6. The minimum Gasteiger partial charge on any atom is -0.493 e. The molecule has 4 aromatic rings. The Morgan fingerprint density at radius 1 is 1.04 bits per heavy atom. The van der Waals surface area contributed by atoms with Crippen LogP contribution in [-0.4, -0.2) is 42.6 Å². The summed E-state index contributed by atoms with van der Waals surface area (Å²) >= 11 is 6.03. The molecule has 0 radical (unpaired) electrons. The fraction of sp³-hybridized carbons (Fsp3) is 0.371. The van der Waals surface area contributed by atoms with Gasteiger partial charge < -0.3 is 18.8 Å². The maximum absolute atomic E-state index is 14.7. The van der Waals surface area contributed by atoms with Gasteiger partial charge in [-0.1, -0.05) is 35.9 Å². The van der Waals surface area contributed by atoms with Gasteiger partial charge in [0.15, 0.2) is 11.5 Å². The van der Waals surface area contributed by atoms with Crippen molar-refractivity contribution >= 4 is 28.5 Å². The summed E-state index contributed by atoms with van der Waals surface area (Å²) in [6, 6.07) is 17.0. The van der Waals surface area contributed by atoms with Crippen LogP contribution in [0.15, 0.2) is 66.9 Å². The number of rotatable bonds is 11. The number of nitrogens with one attached hydrogen (secondary N) is 1. The third kappa shape index (κ3) is 7.95. The molecule has 242 valence electrons. The monoisotopic (exact) mass is 653 g/mol. The number of hydrogen-bond acceptors (Lipinski definition) is 6. The predicted octanol–water partition coefficient (Wildman–Crippen LogP) is 7.91. The highest BCUT2D eigenvalue weighted by Gasteiger charge is 2.44. The van der Waals surface area contributed by atoms with Gasteiger partial charge in [0.05, 0.1) is 37.9 Å². The van der Waals surface area contributed by atoms with Crippen molar-refractivity contribution in [3.8, 4) is 17.6 Å². The fourth-order valence-corrected chi connectivity index (χ4v) is 6.08. The molecule has 0 aliphatic heterocycles. The first kappa shape index (κ1) is 33.2. The summed E-state index contributed by atoms with van der Waals surface area (Å²) < 4.78 is 62.6. The van der Waals surface area contributed by atoms with E-state index in [1.165, 1.54) is 13.3 Å². The molecule has 0 bridgehead atoms. The molecule has 46 heavy (non-hydrogen) atoms. The van der Waals surface area contributed by atoms with Crippen molar-refractivity contribution in [2.24, 2.45) is 0 Å². The maximum Gasteiger partial charge on any atom is 0.407 e. The Hall–Kier alpha value is -4.20. The van der Waals surface area contributed by atoms with E-state index >= 15 is 0 Å². The third-order valence-electron chi connectivity index (χ3n) is 8.20. The van der Waals surface area contributed by atoms with Crippen molar-refractivity contribution in [2.45, 2.75) is 69.9 Å². The van der Waals surface area contributed by atoms with Gasteiger partial charge in [0.2, 0.25) is 0 Å². The standard InChI is InChI=1S/C35H35ClF3N3O4/c1-3-45-33(43)18-23-7-15-31(32(17-23)44-2)46-27-12-10-26(11-13-27)41-34(35(37,38)39)29-21-42(20-22-4-8-25(36)9-5-22)30-16-24(19-40)6-14-28(29)30/h4-9,14-17,21,26-27,34,41H,3,10-13,18,20H2,1-2H3. The molecule has 1 N–H and O–H groups in total. The van der Waals surface area contributed by atoms with Crippen molar-refractivity contribution < 1.29 is 32.2 Å². The van der Waals surface area contributed by atoms with Crippen LogP contribution < -0.4 is 14.8 Å². The number of halogens is 4. The smallest absolute Gasteiger partial charge is 0.407 e. The Balaban J connectivity index is 1.30. The Labute approximate surface area is 270 Å². The summed E-state index contributed by atoms with van der Waals surface area (Å²) in [4.78, 5) is 11.9. The number of aromatic nitrogens is 1. The lowest BCUT2D eigenvalue weighted by atomic mass is 9.91. The molecular weight excluding hydrogens is 619 g/mol. The number of nitrogens with zero attached hydrogens (tertiary/aromatic N) is 2. The summed E-state index contributed by atoms with van der Waals surface area (Å²) in [6.45, 7) is 2.37. The number of hydrogen-bond donors (Lipinski definition) is 1. The van der Waals surface area contributed by atoms with Gasteiger partial charge in [-0.3, -0.25) is 10.1 Å². The number of esters is 1. The van der Waals surface area contributed by atoms with Crippen LogP contribution in [-0.2, 0) is 22.5 Å². The van der Waals surface area contributed by atoms with Gasteiger partial charge in [-0.15, -0.1) is 0 Å². The van der Waals surface area contributed by atoms with Crippen molar-refractivity contribution in [3.05, 3.63) is 94.1 Å². The number of ether oxygens (including phenoxy) is 3. The van der Waals surface area contributed by atoms with E-state index in [-0.39, 0.29) is 30.1 Å². The molecule has 1 aliphatic carbocycles. The molecule has 1 aliphatic rings. The SMILES string of the molecule is CCOC(=O)Cc1ccc(OC2CCC(NC(c3cn(Cc4ccc(Cl)cc4)c4cc(C#N)ccc34)C(F)(F)F)CC2)c(OC)c1. The first-order chi connectivity index (χ1) is 22.1. The number of methoxy groups -OCH3 is 1. The first-order valence-corrected chi connectivity index (χ1v) is 15.5. The average Bonchev–Trinajstić information content (AvgIpc) is 3.38.